The standard InChI is InChI=1S/C32H12BF24.C28H35N2O2/c34-25(35,36)13-1-14(26(37,38)39)6-21(5-13)33(22-7-15(27(40,41)42)2-16(8-22)28(43,44)45,23-9-17(29(46,47)48)3-18(10-23)30(49,50)51)24-11-19(31(52,53)54)4-20(12-24)32(55,56)57;1-2-3-4-5-6-7-8-10-13-24-16-18-26(19-17-24)32-28-22-29-20-21-30(28)23-27(31)25-14-11-9-12-15-25/h1-12H;9,11-12,14-22H,2-8,10,13,23H2,1H3/q-1;+1. The van der Waals surface area contributed by atoms with Gasteiger partial charge in [-0.05, 0) is 54.8 Å². The minimum Gasteiger partial charge on any atom is -0.404 e. The normalized spacial score (nSPS) is 13.0. The number of hydrogen-bond donors (Lipinski definition) is 0. The third-order valence-corrected chi connectivity index (χ3v) is 14.1. The summed E-state index contributed by atoms with van der Waals surface area (Å²) in [6.07, 6.45) is -37.9. The molecule has 0 saturated carbocycles. The van der Waals surface area contributed by atoms with Crippen molar-refractivity contribution in [1.29, 1.82) is 0 Å². The van der Waals surface area contributed by atoms with Gasteiger partial charge in [-0.1, -0.05) is 143 Å². The van der Waals surface area contributed by atoms with Crippen LogP contribution in [0.3, 0.4) is 0 Å². The van der Waals surface area contributed by atoms with Crippen LogP contribution >= 0.6 is 0 Å². The molecule has 6 aromatic carbocycles. The largest absolute Gasteiger partial charge is 0.416 e. The second-order valence-corrected chi connectivity index (χ2v) is 20.5. The number of halogens is 24. The average Bonchev–Trinajstić information content (AvgIpc) is 0.714. The highest BCUT2D eigenvalue weighted by Gasteiger charge is 2.47. The van der Waals surface area contributed by atoms with E-state index in [1.807, 2.05) is 42.5 Å². The first-order valence-corrected chi connectivity index (χ1v) is 26.6. The lowest BCUT2D eigenvalue weighted by atomic mass is 9.12. The van der Waals surface area contributed by atoms with Gasteiger partial charge in [-0.25, -0.2) is 4.98 Å². The first kappa shape index (κ1) is 70.3. The minimum absolute atomic E-state index is 0.0346. The number of Topliss-reactive ketones (excluding diaryl/α,β-unsaturated/α-hetero) is 1. The van der Waals surface area contributed by atoms with Crippen LogP contribution in [-0.4, -0.2) is 16.9 Å². The molecule has 0 amide bonds. The van der Waals surface area contributed by atoms with Crippen molar-refractivity contribution >= 4 is 33.8 Å². The van der Waals surface area contributed by atoms with Crippen molar-refractivity contribution in [3.8, 4) is 11.6 Å². The fraction of sp³-hybridized carbons (Fsp3) is 0.317. The van der Waals surface area contributed by atoms with Gasteiger partial charge in [0, 0.05) is 5.56 Å². The Kier molecular flexibility index (Phi) is 21.5. The van der Waals surface area contributed by atoms with Crippen LogP contribution in [-0.2, 0) is 62.4 Å². The van der Waals surface area contributed by atoms with Crippen molar-refractivity contribution in [2.24, 2.45) is 0 Å². The van der Waals surface area contributed by atoms with Crippen LogP contribution < -0.4 is 31.2 Å². The van der Waals surface area contributed by atoms with E-state index in [9.17, 15) is 110 Å². The molecular weight excluding hydrogens is 1250 g/mol. The van der Waals surface area contributed by atoms with Crippen molar-refractivity contribution in [1.82, 2.24) is 4.98 Å². The van der Waals surface area contributed by atoms with Gasteiger partial charge < -0.3 is 4.74 Å². The lowest BCUT2D eigenvalue weighted by molar-refractivity contribution is -0.687. The molecule has 0 fully saturated rings. The van der Waals surface area contributed by atoms with Crippen LogP contribution in [0.25, 0.3) is 0 Å². The number of benzene rings is 6. The maximum atomic E-state index is 14.2. The highest BCUT2D eigenvalue weighted by molar-refractivity contribution is 7.20. The van der Waals surface area contributed by atoms with Gasteiger partial charge in [0.05, 0.1) is 50.7 Å². The van der Waals surface area contributed by atoms with Gasteiger partial charge in [-0.2, -0.15) is 132 Å². The zero-order valence-electron chi connectivity index (χ0n) is 45.8. The summed E-state index contributed by atoms with van der Waals surface area (Å²) in [6.45, 7) is 2.47. The minimum atomic E-state index is -6.13. The Hall–Kier alpha value is -7.75. The summed E-state index contributed by atoms with van der Waals surface area (Å²) in [4.78, 5) is 16.7. The van der Waals surface area contributed by atoms with Crippen molar-refractivity contribution in [2.75, 3.05) is 0 Å². The Balaban J connectivity index is 0.000000332. The number of aryl methyl sites for hydroxylation is 1. The van der Waals surface area contributed by atoms with Crippen LogP contribution in [0, 0.1) is 0 Å². The van der Waals surface area contributed by atoms with E-state index in [0.29, 0.717) is 11.4 Å². The Morgan fingerprint density at radius 3 is 1.04 bits per heavy atom. The van der Waals surface area contributed by atoms with Crippen LogP contribution in [0.4, 0.5) is 105 Å². The van der Waals surface area contributed by atoms with Crippen LogP contribution in [0.15, 0.2) is 146 Å². The lowest BCUT2D eigenvalue weighted by Crippen LogP contribution is -2.75. The maximum Gasteiger partial charge on any atom is 0.416 e. The summed E-state index contributed by atoms with van der Waals surface area (Å²) >= 11 is 0. The Bertz CT molecular complexity index is 3090. The number of ether oxygens (including phenoxy) is 1. The molecule has 0 spiro atoms. The van der Waals surface area contributed by atoms with Gasteiger partial charge in [0.15, 0.2) is 6.20 Å². The summed E-state index contributed by atoms with van der Waals surface area (Å²) in [7, 11) is 0. The summed E-state index contributed by atoms with van der Waals surface area (Å²) in [5.74, 6) is 1.33. The third-order valence-electron chi connectivity index (χ3n) is 14.1. The molecule has 0 aliphatic rings. The number of unbranched alkanes of at least 4 members (excludes halogenated alkanes) is 7. The van der Waals surface area contributed by atoms with Crippen LogP contribution in [0.1, 0.15) is 119 Å². The second kappa shape index (κ2) is 27.2. The van der Waals surface area contributed by atoms with Crippen molar-refractivity contribution in [2.45, 2.75) is 121 Å². The van der Waals surface area contributed by atoms with Crippen molar-refractivity contribution in [3.63, 3.8) is 0 Å². The zero-order chi connectivity index (χ0) is 66.3. The number of carbonyl (C=O) groups is 1. The van der Waals surface area contributed by atoms with Gasteiger partial charge in [0.1, 0.15) is 18.1 Å². The molecule has 0 bridgehead atoms. The van der Waals surface area contributed by atoms with Gasteiger partial charge in [-0.3, -0.25) is 4.79 Å². The van der Waals surface area contributed by atoms with E-state index in [2.05, 4.69) is 24.0 Å². The third kappa shape index (κ3) is 18.4. The van der Waals surface area contributed by atoms with Gasteiger partial charge in [-0.15, -0.1) is 0 Å². The SMILES string of the molecule is CCCCCCCCCCc1ccc(Oc2cncc[n+]2CC(=O)c2ccccc2)cc1.FC(F)(F)c1cc([B-](c2cc(C(F)(F)F)cc(C(F)(F)F)c2)(c2cc(C(F)(F)F)cc(C(F)(F)F)c2)c2cc(C(F)(F)F)cc(C(F)(F)F)c2)cc(C(F)(F)F)c1. The number of carbonyl (C=O) groups excluding carboxylic acids is 1. The molecule has 0 radical (unpaired) electrons. The fourth-order valence-electron chi connectivity index (χ4n) is 9.84. The molecular formula is C60H47BF24N2O2. The van der Waals surface area contributed by atoms with E-state index in [1.54, 1.807) is 23.2 Å². The van der Waals surface area contributed by atoms with E-state index in [4.69, 9.17) is 4.74 Å². The molecule has 0 aliphatic carbocycles. The van der Waals surface area contributed by atoms with Crippen LogP contribution in [0.2, 0.25) is 0 Å². The summed E-state index contributed by atoms with van der Waals surface area (Å²) in [6, 6.07) is 8.75. The summed E-state index contributed by atoms with van der Waals surface area (Å²) < 4.78 is 349. The Morgan fingerprint density at radius 2 is 0.730 bits per heavy atom. The molecule has 7 aromatic rings. The van der Waals surface area contributed by atoms with Crippen LogP contribution in [0.5, 0.6) is 11.6 Å². The number of rotatable bonds is 18. The van der Waals surface area contributed by atoms with E-state index >= 15 is 0 Å². The van der Waals surface area contributed by atoms with Gasteiger partial charge >= 0.3 is 55.3 Å². The molecule has 0 N–H and O–H groups in total. The highest BCUT2D eigenvalue weighted by atomic mass is 19.4. The number of alkyl halides is 24. The smallest absolute Gasteiger partial charge is 0.404 e. The van der Waals surface area contributed by atoms with Crippen molar-refractivity contribution < 1.29 is 119 Å². The second-order valence-electron chi connectivity index (χ2n) is 20.5. The van der Waals surface area contributed by atoms with Crippen molar-refractivity contribution in [3.05, 3.63) is 202 Å². The first-order valence-electron chi connectivity index (χ1n) is 26.6. The van der Waals surface area contributed by atoms with E-state index in [0.717, 1.165) is 12.2 Å². The molecule has 0 unspecified atom stereocenters. The Labute approximate surface area is 491 Å². The molecule has 7 rings (SSSR count). The van der Waals surface area contributed by atoms with E-state index in [1.165, 1.54) is 56.9 Å². The van der Waals surface area contributed by atoms with Gasteiger partial charge in [0.25, 0.3) is 0 Å². The lowest BCUT2D eigenvalue weighted by Gasteiger charge is -2.46. The average molecular weight is 1290 g/mol. The van der Waals surface area contributed by atoms with E-state index in [-0.39, 0.29) is 12.3 Å². The number of aromatic nitrogens is 2. The topological polar surface area (TPSA) is 43.1 Å². The number of ketones is 1. The zero-order valence-corrected chi connectivity index (χ0v) is 45.8. The molecule has 29 heteroatoms. The first-order chi connectivity index (χ1) is 41.0. The predicted molar refractivity (Wildman–Crippen MR) is 278 cm³/mol. The molecule has 4 nitrogen and oxygen atoms in total. The molecule has 1 heterocycles. The van der Waals surface area contributed by atoms with Gasteiger partial charge in [0.2, 0.25) is 12.3 Å². The van der Waals surface area contributed by atoms with E-state index < -0.39 is 195 Å². The number of nitrogens with zero attached hydrogens (tertiary/aromatic N) is 2. The monoisotopic (exact) mass is 1290 g/mol. The summed E-state index contributed by atoms with van der Waals surface area (Å²) in [5.41, 5.74) is -28.2. The Morgan fingerprint density at radius 1 is 0.416 bits per heavy atom. The summed E-state index contributed by atoms with van der Waals surface area (Å²) in [5, 5.41) is 0. The predicted octanol–water partition coefficient (Wildman–Crippen LogP) is 17.9. The quantitative estimate of drug-likeness (QED) is 0.0283. The molecule has 0 atom stereocenters. The maximum absolute atomic E-state index is 14.2. The fourth-order valence-corrected chi connectivity index (χ4v) is 9.84. The molecule has 0 saturated heterocycles. The molecule has 89 heavy (non-hydrogen) atoms. The molecule has 1 aromatic heterocycles. The number of hydrogen-bond acceptors (Lipinski definition) is 3. The molecule has 480 valence electrons. The highest BCUT2D eigenvalue weighted by Crippen LogP contribution is 2.42. The molecule has 0 aliphatic heterocycles.